The van der Waals surface area contributed by atoms with Crippen LogP contribution in [0, 0.1) is 13.8 Å². The van der Waals surface area contributed by atoms with Crippen molar-refractivity contribution in [3.05, 3.63) is 63.9 Å². The first-order chi connectivity index (χ1) is 14.4. The number of nitrogens with zero attached hydrogens (tertiary/aromatic N) is 2. The van der Waals surface area contributed by atoms with Crippen LogP contribution in [0.4, 0.5) is 5.69 Å². The molecule has 0 saturated heterocycles. The summed E-state index contributed by atoms with van der Waals surface area (Å²) in [7, 11) is 1.64. The van der Waals surface area contributed by atoms with Crippen LogP contribution in [0.3, 0.4) is 0 Å². The molecule has 0 aliphatic carbocycles. The Morgan fingerprint density at radius 1 is 1.17 bits per heavy atom. The van der Waals surface area contributed by atoms with Gasteiger partial charge in [0.25, 0.3) is 5.56 Å². The van der Waals surface area contributed by atoms with Crippen molar-refractivity contribution in [1.29, 1.82) is 0 Å². The average molecular weight is 426 g/mol. The van der Waals surface area contributed by atoms with E-state index in [2.05, 4.69) is 10.3 Å². The minimum Gasteiger partial charge on any atom is -0.385 e. The van der Waals surface area contributed by atoms with Crippen molar-refractivity contribution < 1.29 is 9.53 Å². The highest BCUT2D eigenvalue weighted by Crippen LogP contribution is 2.25. The van der Waals surface area contributed by atoms with Crippen molar-refractivity contribution in [1.82, 2.24) is 9.55 Å². The Bertz CT molecular complexity index is 1090. The Hall–Kier alpha value is -2.64. The molecule has 0 saturated carbocycles. The molecule has 6 nitrogen and oxygen atoms in total. The molecule has 1 aromatic heterocycles. The van der Waals surface area contributed by atoms with Crippen molar-refractivity contribution in [3.63, 3.8) is 0 Å². The van der Waals surface area contributed by atoms with E-state index in [1.165, 1.54) is 11.8 Å². The molecule has 2 aromatic carbocycles. The smallest absolute Gasteiger partial charge is 0.262 e. The Morgan fingerprint density at radius 2 is 1.87 bits per heavy atom. The van der Waals surface area contributed by atoms with E-state index in [9.17, 15) is 9.59 Å². The molecule has 0 fully saturated rings. The van der Waals surface area contributed by atoms with E-state index in [1.54, 1.807) is 17.7 Å². The summed E-state index contributed by atoms with van der Waals surface area (Å²) in [6.07, 6.45) is 0.687. The molecule has 0 aliphatic heterocycles. The Labute approximate surface area is 180 Å². The van der Waals surface area contributed by atoms with Gasteiger partial charge in [-0.2, -0.15) is 0 Å². The number of para-hydroxylation sites is 2. The van der Waals surface area contributed by atoms with Crippen LogP contribution in [0.5, 0.6) is 0 Å². The van der Waals surface area contributed by atoms with Crippen LogP contribution in [-0.4, -0.2) is 34.4 Å². The fourth-order valence-corrected chi connectivity index (χ4v) is 4.18. The van der Waals surface area contributed by atoms with Crippen LogP contribution in [0.1, 0.15) is 24.5 Å². The third kappa shape index (κ3) is 4.91. The maximum atomic E-state index is 13.0. The summed E-state index contributed by atoms with van der Waals surface area (Å²) < 4.78 is 6.78. The van der Waals surface area contributed by atoms with Crippen molar-refractivity contribution in [3.8, 4) is 0 Å². The number of aryl methyl sites for hydroxylation is 2. The highest BCUT2D eigenvalue weighted by Gasteiger charge is 2.20. The zero-order chi connectivity index (χ0) is 21.7. The standard InChI is InChI=1S/C23H27N3O3S/c1-15-9-7-10-16(2)20(15)25-21(27)17(3)30-23-24-19-12-6-5-11-18(19)22(28)26(23)13-8-14-29-4/h5-7,9-12,17H,8,13-14H2,1-4H3,(H,25,27)/t17-/m1/s1. The molecule has 1 heterocycles. The highest BCUT2D eigenvalue weighted by molar-refractivity contribution is 8.00. The van der Waals surface area contributed by atoms with Crippen LogP contribution in [-0.2, 0) is 16.1 Å². The maximum absolute atomic E-state index is 13.0. The summed E-state index contributed by atoms with van der Waals surface area (Å²) in [5.74, 6) is -0.122. The third-order valence-electron chi connectivity index (χ3n) is 4.94. The second-order valence-corrected chi connectivity index (χ2v) is 8.54. The maximum Gasteiger partial charge on any atom is 0.262 e. The van der Waals surface area contributed by atoms with Gasteiger partial charge in [0.05, 0.1) is 16.2 Å². The zero-order valence-electron chi connectivity index (χ0n) is 17.8. The van der Waals surface area contributed by atoms with Crippen molar-refractivity contribution in [2.45, 2.75) is 44.1 Å². The lowest BCUT2D eigenvalue weighted by molar-refractivity contribution is -0.115. The molecule has 3 rings (SSSR count). The Balaban J connectivity index is 1.88. The lowest BCUT2D eigenvalue weighted by Gasteiger charge is -2.17. The van der Waals surface area contributed by atoms with Crippen molar-refractivity contribution >= 4 is 34.3 Å². The topological polar surface area (TPSA) is 73.2 Å². The number of hydrogen-bond acceptors (Lipinski definition) is 5. The number of thioether (sulfide) groups is 1. The van der Waals surface area contributed by atoms with Gasteiger partial charge in [-0.15, -0.1) is 0 Å². The lowest BCUT2D eigenvalue weighted by Crippen LogP contribution is -2.27. The number of methoxy groups -OCH3 is 1. The molecule has 1 N–H and O–H groups in total. The van der Waals surface area contributed by atoms with Gasteiger partial charge in [-0.25, -0.2) is 4.98 Å². The van der Waals surface area contributed by atoms with Gasteiger partial charge in [0.2, 0.25) is 5.91 Å². The van der Waals surface area contributed by atoms with E-state index in [0.29, 0.717) is 35.6 Å². The number of carbonyl (C=O) groups excluding carboxylic acids is 1. The predicted molar refractivity (Wildman–Crippen MR) is 122 cm³/mol. The first kappa shape index (κ1) is 22.1. The molecule has 0 radical (unpaired) electrons. The number of nitrogens with one attached hydrogen (secondary N) is 1. The van der Waals surface area contributed by atoms with Gasteiger partial charge in [0.15, 0.2) is 5.16 Å². The zero-order valence-corrected chi connectivity index (χ0v) is 18.6. The quantitative estimate of drug-likeness (QED) is 0.333. The molecule has 3 aromatic rings. The van der Waals surface area contributed by atoms with E-state index in [-0.39, 0.29) is 11.5 Å². The lowest BCUT2D eigenvalue weighted by atomic mass is 10.1. The molecular weight excluding hydrogens is 398 g/mol. The number of hydrogen-bond donors (Lipinski definition) is 1. The molecule has 0 unspecified atom stereocenters. The number of fused-ring (bicyclic) bond motifs is 1. The number of benzene rings is 2. The first-order valence-corrected chi connectivity index (χ1v) is 10.8. The molecule has 7 heteroatoms. The predicted octanol–water partition coefficient (Wildman–Crippen LogP) is 4.17. The van der Waals surface area contributed by atoms with Gasteiger partial charge in [0.1, 0.15) is 0 Å². The summed E-state index contributed by atoms with van der Waals surface area (Å²) in [5, 5.41) is 3.72. The Kier molecular flexibility index (Phi) is 7.29. The number of aromatic nitrogens is 2. The minimum absolute atomic E-state index is 0.0958. The van der Waals surface area contributed by atoms with Crippen LogP contribution in [0.15, 0.2) is 52.4 Å². The number of anilines is 1. The fourth-order valence-electron chi connectivity index (χ4n) is 3.25. The van der Waals surface area contributed by atoms with Crippen LogP contribution < -0.4 is 10.9 Å². The van der Waals surface area contributed by atoms with E-state index in [0.717, 1.165) is 16.8 Å². The first-order valence-electron chi connectivity index (χ1n) is 9.94. The summed E-state index contributed by atoms with van der Waals surface area (Å²) >= 11 is 1.30. The number of ether oxygens (including phenoxy) is 1. The van der Waals surface area contributed by atoms with Gasteiger partial charge < -0.3 is 10.1 Å². The second-order valence-electron chi connectivity index (χ2n) is 7.23. The minimum atomic E-state index is -0.425. The van der Waals surface area contributed by atoms with E-state index < -0.39 is 5.25 Å². The van der Waals surface area contributed by atoms with Crippen molar-refractivity contribution in [2.24, 2.45) is 0 Å². The van der Waals surface area contributed by atoms with Gasteiger partial charge >= 0.3 is 0 Å². The monoisotopic (exact) mass is 425 g/mol. The largest absolute Gasteiger partial charge is 0.385 e. The number of rotatable bonds is 8. The fraction of sp³-hybridized carbons (Fsp3) is 0.348. The molecule has 0 spiro atoms. The molecule has 0 bridgehead atoms. The third-order valence-corrected chi connectivity index (χ3v) is 6.03. The number of carbonyl (C=O) groups is 1. The average Bonchev–Trinajstić information content (AvgIpc) is 2.73. The summed E-state index contributed by atoms with van der Waals surface area (Å²) in [5.41, 5.74) is 3.40. The second kappa shape index (κ2) is 9.91. The van der Waals surface area contributed by atoms with Crippen LogP contribution in [0.2, 0.25) is 0 Å². The molecule has 0 aliphatic rings. The number of amides is 1. The van der Waals surface area contributed by atoms with E-state index >= 15 is 0 Å². The van der Waals surface area contributed by atoms with Crippen LogP contribution >= 0.6 is 11.8 Å². The Morgan fingerprint density at radius 3 is 2.57 bits per heavy atom. The van der Waals surface area contributed by atoms with Gasteiger partial charge in [-0.1, -0.05) is 42.1 Å². The van der Waals surface area contributed by atoms with E-state index in [4.69, 9.17) is 4.74 Å². The van der Waals surface area contributed by atoms with Crippen LogP contribution in [0.25, 0.3) is 10.9 Å². The van der Waals surface area contributed by atoms with Gasteiger partial charge in [-0.05, 0) is 50.5 Å². The SMILES string of the molecule is COCCCn1c(S[C@H](C)C(=O)Nc2c(C)cccc2C)nc2ccccc2c1=O. The van der Waals surface area contributed by atoms with Crippen molar-refractivity contribution in [2.75, 3.05) is 19.0 Å². The molecule has 30 heavy (non-hydrogen) atoms. The molecule has 1 amide bonds. The molecule has 1 atom stereocenters. The van der Waals surface area contributed by atoms with Gasteiger partial charge in [0, 0.05) is 25.9 Å². The van der Waals surface area contributed by atoms with Gasteiger partial charge in [-0.3, -0.25) is 14.2 Å². The highest BCUT2D eigenvalue weighted by atomic mass is 32.2. The summed E-state index contributed by atoms with van der Waals surface area (Å²) in [6.45, 7) is 6.80. The summed E-state index contributed by atoms with van der Waals surface area (Å²) in [4.78, 5) is 30.6. The van der Waals surface area contributed by atoms with E-state index in [1.807, 2.05) is 57.2 Å². The normalized spacial score (nSPS) is 12.1. The molecule has 158 valence electrons. The molecular formula is C23H27N3O3S. The summed E-state index contributed by atoms with van der Waals surface area (Å²) in [6, 6.07) is 13.2.